The molecule has 1 aliphatic rings. The SMILES string of the molecule is CC1CCN(C(=O)[C@@H](C)OC(=O)c2ccc(Cn3cncn3)cc2)CC1. The fourth-order valence-electron chi connectivity index (χ4n) is 3.01. The molecule has 0 saturated carbocycles. The lowest BCUT2D eigenvalue weighted by molar-refractivity contribution is -0.141. The summed E-state index contributed by atoms with van der Waals surface area (Å²) in [7, 11) is 0. The molecule has 0 unspecified atom stereocenters. The van der Waals surface area contributed by atoms with Crippen LogP contribution in [0.2, 0.25) is 0 Å². The summed E-state index contributed by atoms with van der Waals surface area (Å²) in [4.78, 5) is 30.4. The van der Waals surface area contributed by atoms with E-state index in [0.29, 0.717) is 18.0 Å². The molecule has 7 nitrogen and oxygen atoms in total. The third-order valence-electron chi connectivity index (χ3n) is 4.73. The highest BCUT2D eigenvalue weighted by Gasteiger charge is 2.27. The van der Waals surface area contributed by atoms with Gasteiger partial charge in [0.1, 0.15) is 12.7 Å². The molecular weight excluding hydrogens is 332 g/mol. The summed E-state index contributed by atoms with van der Waals surface area (Å²) in [6, 6.07) is 7.09. The van der Waals surface area contributed by atoms with Gasteiger partial charge in [-0.25, -0.2) is 14.5 Å². The van der Waals surface area contributed by atoms with Gasteiger partial charge in [-0.3, -0.25) is 4.79 Å². The van der Waals surface area contributed by atoms with E-state index in [9.17, 15) is 9.59 Å². The van der Waals surface area contributed by atoms with Gasteiger partial charge < -0.3 is 9.64 Å². The molecule has 2 aromatic rings. The second kappa shape index (κ2) is 8.12. The molecule has 1 aromatic carbocycles. The fourth-order valence-corrected chi connectivity index (χ4v) is 3.01. The maximum absolute atomic E-state index is 12.4. The lowest BCUT2D eigenvalue weighted by Gasteiger charge is -2.31. The Morgan fingerprint density at radius 1 is 1.23 bits per heavy atom. The molecule has 26 heavy (non-hydrogen) atoms. The van der Waals surface area contributed by atoms with Gasteiger partial charge in [-0.2, -0.15) is 5.10 Å². The number of amides is 1. The Hall–Kier alpha value is -2.70. The molecular formula is C19H24N4O3. The smallest absolute Gasteiger partial charge is 0.338 e. The van der Waals surface area contributed by atoms with Crippen molar-refractivity contribution in [3.05, 3.63) is 48.0 Å². The maximum Gasteiger partial charge on any atom is 0.338 e. The van der Waals surface area contributed by atoms with Crippen LogP contribution in [0.25, 0.3) is 0 Å². The van der Waals surface area contributed by atoms with E-state index in [1.54, 1.807) is 35.0 Å². The van der Waals surface area contributed by atoms with Crippen molar-refractivity contribution in [3.63, 3.8) is 0 Å². The summed E-state index contributed by atoms with van der Waals surface area (Å²) in [6.07, 6.45) is 4.34. The molecule has 2 heterocycles. The first-order valence-electron chi connectivity index (χ1n) is 8.94. The number of piperidine rings is 1. The summed E-state index contributed by atoms with van der Waals surface area (Å²) >= 11 is 0. The summed E-state index contributed by atoms with van der Waals surface area (Å²) in [5.41, 5.74) is 1.43. The molecule has 1 saturated heterocycles. The molecule has 0 N–H and O–H groups in total. The van der Waals surface area contributed by atoms with Crippen molar-refractivity contribution in [2.24, 2.45) is 5.92 Å². The highest BCUT2D eigenvalue weighted by atomic mass is 16.5. The van der Waals surface area contributed by atoms with Crippen molar-refractivity contribution in [1.29, 1.82) is 0 Å². The van der Waals surface area contributed by atoms with Gasteiger partial charge in [-0.05, 0) is 43.4 Å². The number of carbonyl (C=O) groups excluding carboxylic acids is 2. The number of carbonyl (C=O) groups is 2. The summed E-state index contributed by atoms with van der Waals surface area (Å²) in [5.74, 6) is 0.0459. The molecule has 0 aliphatic carbocycles. The number of hydrogen-bond donors (Lipinski definition) is 0. The van der Waals surface area contributed by atoms with Crippen molar-refractivity contribution in [2.75, 3.05) is 13.1 Å². The highest BCUT2D eigenvalue weighted by molar-refractivity contribution is 5.92. The van der Waals surface area contributed by atoms with E-state index in [1.165, 1.54) is 6.33 Å². The minimum Gasteiger partial charge on any atom is -0.449 e. The predicted octanol–water partition coefficient (Wildman–Crippen LogP) is 2.13. The van der Waals surface area contributed by atoms with Crippen LogP contribution in [0.4, 0.5) is 0 Å². The van der Waals surface area contributed by atoms with Crippen molar-refractivity contribution in [1.82, 2.24) is 19.7 Å². The first-order valence-corrected chi connectivity index (χ1v) is 8.94. The van der Waals surface area contributed by atoms with E-state index >= 15 is 0 Å². The van der Waals surface area contributed by atoms with Gasteiger partial charge >= 0.3 is 5.97 Å². The molecule has 7 heteroatoms. The molecule has 1 aliphatic heterocycles. The highest BCUT2D eigenvalue weighted by Crippen LogP contribution is 2.17. The Kier molecular flexibility index (Phi) is 5.65. The minimum atomic E-state index is -0.772. The number of rotatable bonds is 5. The predicted molar refractivity (Wildman–Crippen MR) is 95.4 cm³/mol. The van der Waals surface area contributed by atoms with Crippen molar-refractivity contribution in [3.8, 4) is 0 Å². The monoisotopic (exact) mass is 356 g/mol. The molecule has 0 radical (unpaired) electrons. The minimum absolute atomic E-state index is 0.118. The summed E-state index contributed by atoms with van der Waals surface area (Å²) in [5, 5.41) is 4.05. The van der Waals surface area contributed by atoms with Crippen molar-refractivity contribution < 1.29 is 14.3 Å². The van der Waals surface area contributed by atoms with E-state index in [-0.39, 0.29) is 5.91 Å². The van der Waals surface area contributed by atoms with Crippen LogP contribution < -0.4 is 0 Å². The number of hydrogen-bond acceptors (Lipinski definition) is 5. The molecule has 1 amide bonds. The normalized spacial score (nSPS) is 16.3. The lowest BCUT2D eigenvalue weighted by Crippen LogP contribution is -2.44. The first kappa shape index (κ1) is 18.1. The van der Waals surface area contributed by atoms with E-state index in [4.69, 9.17) is 4.74 Å². The zero-order chi connectivity index (χ0) is 18.5. The van der Waals surface area contributed by atoms with Gasteiger partial charge in [-0.15, -0.1) is 0 Å². The molecule has 138 valence electrons. The van der Waals surface area contributed by atoms with Gasteiger partial charge in [0.25, 0.3) is 5.91 Å². The lowest BCUT2D eigenvalue weighted by atomic mass is 9.99. The zero-order valence-corrected chi connectivity index (χ0v) is 15.2. The van der Waals surface area contributed by atoms with Crippen molar-refractivity contribution in [2.45, 2.75) is 39.3 Å². The van der Waals surface area contributed by atoms with Crippen LogP contribution in [-0.4, -0.2) is 50.7 Å². The number of ether oxygens (including phenoxy) is 1. The quantitative estimate of drug-likeness (QED) is 0.767. The Labute approximate surface area is 153 Å². The molecule has 0 bridgehead atoms. The fraction of sp³-hybridized carbons (Fsp3) is 0.474. The largest absolute Gasteiger partial charge is 0.449 e. The Morgan fingerprint density at radius 2 is 1.92 bits per heavy atom. The van der Waals surface area contributed by atoms with Crippen LogP contribution in [0, 0.1) is 5.92 Å². The van der Waals surface area contributed by atoms with Gasteiger partial charge in [0, 0.05) is 13.1 Å². The van der Waals surface area contributed by atoms with E-state index in [1.807, 2.05) is 12.1 Å². The van der Waals surface area contributed by atoms with Gasteiger partial charge in [0.05, 0.1) is 12.1 Å². The van der Waals surface area contributed by atoms with Crippen LogP contribution >= 0.6 is 0 Å². The number of esters is 1. The standard InChI is InChI=1S/C19H24N4O3/c1-14-7-9-22(10-8-14)18(24)15(2)26-19(25)17-5-3-16(4-6-17)11-23-13-20-12-21-23/h3-6,12-15H,7-11H2,1-2H3/t15-/m1/s1. The number of benzene rings is 1. The van der Waals surface area contributed by atoms with Crippen LogP contribution in [0.3, 0.4) is 0 Å². The average Bonchev–Trinajstić information content (AvgIpc) is 3.15. The molecule has 1 aromatic heterocycles. The number of likely N-dealkylation sites (tertiary alicyclic amines) is 1. The Morgan fingerprint density at radius 3 is 2.54 bits per heavy atom. The topological polar surface area (TPSA) is 77.3 Å². The zero-order valence-electron chi connectivity index (χ0n) is 15.2. The Bertz CT molecular complexity index is 735. The third-order valence-corrected chi connectivity index (χ3v) is 4.73. The number of aromatic nitrogens is 3. The van der Waals surface area contributed by atoms with Crippen LogP contribution in [0.5, 0.6) is 0 Å². The van der Waals surface area contributed by atoms with Crippen LogP contribution in [0.1, 0.15) is 42.6 Å². The van der Waals surface area contributed by atoms with E-state index < -0.39 is 12.1 Å². The van der Waals surface area contributed by atoms with Crippen molar-refractivity contribution >= 4 is 11.9 Å². The first-order chi connectivity index (χ1) is 12.5. The van der Waals surface area contributed by atoms with Gasteiger partial charge in [0.15, 0.2) is 6.10 Å². The van der Waals surface area contributed by atoms with Gasteiger partial charge in [-0.1, -0.05) is 19.1 Å². The van der Waals surface area contributed by atoms with Gasteiger partial charge in [0.2, 0.25) is 0 Å². The second-order valence-corrected chi connectivity index (χ2v) is 6.85. The van der Waals surface area contributed by atoms with Crippen LogP contribution in [-0.2, 0) is 16.1 Å². The second-order valence-electron chi connectivity index (χ2n) is 6.85. The average molecular weight is 356 g/mol. The van der Waals surface area contributed by atoms with E-state index in [2.05, 4.69) is 17.0 Å². The number of nitrogens with zero attached hydrogens (tertiary/aromatic N) is 4. The molecule has 0 spiro atoms. The Balaban J connectivity index is 1.54. The molecule has 1 fully saturated rings. The third kappa shape index (κ3) is 4.47. The van der Waals surface area contributed by atoms with E-state index in [0.717, 1.165) is 31.5 Å². The summed E-state index contributed by atoms with van der Waals surface area (Å²) in [6.45, 7) is 5.88. The van der Waals surface area contributed by atoms with Crippen LogP contribution in [0.15, 0.2) is 36.9 Å². The molecule has 3 rings (SSSR count). The molecule has 1 atom stereocenters. The maximum atomic E-state index is 12.4. The summed E-state index contributed by atoms with van der Waals surface area (Å²) < 4.78 is 7.07.